The highest BCUT2D eigenvalue weighted by atomic mass is 32.1. The Morgan fingerprint density at radius 2 is 2.40 bits per heavy atom. The summed E-state index contributed by atoms with van der Waals surface area (Å²) >= 11 is 4.92. The molecule has 1 aromatic heterocycles. The van der Waals surface area contributed by atoms with Gasteiger partial charge < -0.3 is 15.5 Å². The Kier molecular flexibility index (Phi) is 3.47. The molecule has 82 valence electrons. The number of carbonyl (C=O) groups excluding carboxylic acids is 1. The Labute approximate surface area is 93.8 Å². The van der Waals surface area contributed by atoms with E-state index in [4.69, 9.17) is 22.4 Å². The van der Waals surface area contributed by atoms with E-state index in [0.29, 0.717) is 12.0 Å². The molecule has 1 atom stereocenters. The number of thiocarbonyl (C=S) groups is 1. The second kappa shape index (κ2) is 4.44. The van der Waals surface area contributed by atoms with Crippen LogP contribution in [0.25, 0.3) is 0 Å². The first kappa shape index (κ1) is 11.7. The van der Waals surface area contributed by atoms with Crippen molar-refractivity contribution in [3.63, 3.8) is 0 Å². The van der Waals surface area contributed by atoms with Gasteiger partial charge in [0, 0.05) is 0 Å². The first-order valence-electron chi connectivity index (χ1n) is 4.64. The number of rotatable bonds is 4. The van der Waals surface area contributed by atoms with Crippen molar-refractivity contribution in [3.05, 3.63) is 24.2 Å². The van der Waals surface area contributed by atoms with Crippen molar-refractivity contribution in [2.24, 2.45) is 5.73 Å². The minimum absolute atomic E-state index is 0.235. The Balaban J connectivity index is 2.77. The molecule has 0 aliphatic carbocycles. The molecule has 1 aromatic rings. The molecule has 0 radical (unpaired) electrons. The van der Waals surface area contributed by atoms with Crippen LogP contribution in [-0.4, -0.2) is 16.4 Å². The van der Waals surface area contributed by atoms with Gasteiger partial charge in [0.25, 0.3) is 5.91 Å². The fraction of sp³-hybridized carbons (Fsp3) is 0.400. The van der Waals surface area contributed by atoms with Crippen LogP contribution in [0.3, 0.4) is 0 Å². The summed E-state index contributed by atoms with van der Waals surface area (Å²) in [7, 11) is 0. The molecule has 5 heteroatoms. The van der Waals surface area contributed by atoms with Crippen molar-refractivity contribution >= 4 is 23.1 Å². The van der Waals surface area contributed by atoms with Gasteiger partial charge in [0.15, 0.2) is 0 Å². The van der Waals surface area contributed by atoms with Gasteiger partial charge in [0.05, 0.1) is 22.4 Å². The average Bonchev–Trinajstić information content (AvgIpc) is 2.70. The lowest BCUT2D eigenvalue weighted by Gasteiger charge is -2.27. The fourth-order valence-electron chi connectivity index (χ4n) is 1.04. The van der Waals surface area contributed by atoms with E-state index in [-0.39, 0.29) is 10.9 Å². The molecule has 0 saturated heterocycles. The molecule has 0 spiro atoms. The summed E-state index contributed by atoms with van der Waals surface area (Å²) in [5, 5.41) is 2.78. The zero-order valence-electron chi connectivity index (χ0n) is 8.74. The van der Waals surface area contributed by atoms with Crippen LogP contribution in [0.1, 0.15) is 30.6 Å². The molecule has 1 unspecified atom stereocenters. The maximum atomic E-state index is 11.7. The zero-order chi connectivity index (χ0) is 11.5. The Morgan fingerprint density at radius 1 is 1.73 bits per heavy atom. The molecular formula is C10H14N2O2S. The normalized spacial score (nSPS) is 14.3. The molecule has 15 heavy (non-hydrogen) atoms. The number of amides is 1. The molecule has 0 aromatic carbocycles. The largest absolute Gasteiger partial charge is 0.472 e. The highest BCUT2D eigenvalue weighted by molar-refractivity contribution is 7.80. The molecule has 0 aliphatic heterocycles. The van der Waals surface area contributed by atoms with Gasteiger partial charge in [-0.3, -0.25) is 4.79 Å². The van der Waals surface area contributed by atoms with Crippen LogP contribution < -0.4 is 11.1 Å². The van der Waals surface area contributed by atoms with Gasteiger partial charge >= 0.3 is 0 Å². The molecule has 0 aliphatic rings. The van der Waals surface area contributed by atoms with Crippen LogP contribution in [0.4, 0.5) is 0 Å². The second-order valence-electron chi connectivity index (χ2n) is 3.52. The van der Waals surface area contributed by atoms with E-state index in [0.717, 1.165) is 0 Å². The summed E-state index contributed by atoms with van der Waals surface area (Å²) in [5.74, 6) is -0.235. The van der Waals surface area contributed by atoms with Gasteiger partial charge in [-0.05, 0) is 19.4 Å². The van der Waals surface area contributed by atoms with Gasteiger partial charge in [0.1, 0.15) is 6.26 Å². The number of nitrogens with two attached hydrogens (primary N) is 1. The number of furan rings is 1. The highest BCUT2D eigenvalue weighted by Crippen LogP contribution is 2.11. The van der Waals surface area contributed by atoms with E-state index < -0.39 is 5.54 Å². The first-order chi connectivity index (χ1) is 6.99. The van der Waals surface area contributed by atoms with E-state index in [1.165, 1.54) is 12.5 Å². The lowest BCUT2D eigenvalue weighted by Crippen LogP contribution is -2.54. The molecule has 1 amide bonds. The quantitative estimate of drug-likeness (QED) is 0.763. The third-order valence-corrected chi connectivity index (χ3v) is 2.87. The van der Waals surface area contributed by atoms with Crippen LogP contribution in [-0.2, 0) is 0 Å². The van der Waals surface area contributed by atoms with E-state index in [2.05, 4.69) is 5.32 Å². The van der Waals surface area contributed by atoms with Crippen molar-refractivity contribution < 1.29 is 9.21 Å². The van der Waals surface area contributed by atoms with Crippen LogP contribution in [0, 0.1) is 0 Å². The zero-order valence-corrected chi connectivity index (χ0v) is 9.56. The van der Waals surface area contributed by atoms with Crippen LogP contribution in [0.2, 0.25) is 0 Å². The molecule has 4 nitrogen and oxygen atoms in total. The molecule has 1 rings (SSSR count). The van der Waals surface area contributed by atoms with Gasteiger partial charge in [-0.2, -0.15) is 0 Å². The first-order valence-corrected chi connectivity index (χ1v) is 5.05. The minimum atomic E-state index is -0.649. The molecule has 0 saturated carbocycles. The lowest BCUT2D eigenvalue weighted by atomic mass is 9.98. The summed E-state index contributed by atoms with van der Waals surface area (Å²) in [5.41, 5.74) is 5.39. The molecule has 1 heterocycles. The summed E-state index contributed by atoms with van der Waals surface area (Å²) in [6.07, 6.45) is 3.47. The van der Waals surface area contributed by atoms with Gasteiger partial charge in [0.2, 0.25) is 0 Å². The smallest absolute Gasteiger partial charge is 0.255 e. The average molecular weight is 226 g/mol. The van der Waals surface area contributed by atoms with E-state index in [1.807, 2.05) is 6.92 Å². The summed E-state index contributed by atoms with van der Waals surface area (Å²) < 4.78 is 4.82. The van der Waals surface area contributed by atoms with Crippen molar-refractivity contribution in [3.8, 4) is 0 Å². The van der Waals surface area contributed by atoms with Gasteiger partial charge in [-0.1, -0.05) is 19.1 Å². The fourth-order valence-corrected chi connectivity index (χ4v) is 1.24. The topological polar surface area (TPSA) is 68.3 Å². The van der Waals surface area contributed by atoms with Crippen LogP contribution in [0.5, 0.6) is 0 Å². The third kappa shape index (κ3) is 2.56. The summed E-state index contributed by atoms with van der Waals surface area (Å²) in [6, 6.07) is 1.59. The van der Waals surface area contributed by atoms with Crippen molar-refractivity contribution in [1.82, 2.24) is 5.32 Å². The summed E-state index contributed by atoms with van der Waals surface area (Å²) in [6.45, 7) is 3.71. The van der Waals surface area contributed by atoms with E-state index in [9.17, 15) is 4.79 Å². The summed E-state index contributed by atoms with van der Waals surface area (Å²) in [4.78, 5) is 12.0. The Morgan fingerprint density at radius 3 is 2.80 bits per heavy atom. The molecular weight excluding hydrogens is 212 g/mol. The predicted molar refractivity (Wildman–Crippen MR) is 61.7 cm³/mol. The minimum Gasteiger partial charge on any atom is -0.472 e. The molecule has 3 N–H and O–H groups in total. The third-order valence-electron chi connectivity index (χ3n) is 2.42. The van der Waals surface area contributed by atoms with E-state index in [1.54, 1.807) is 13.0 Å². The Hall–Kier alpha value is -1.36. The maximum absolute atomic E-state index is 11.7. The standard InChI is InChI=1S/C10H14N2O2S/c1-3-10(2,9(11)15)12-8(13)7-4-5-14-6-7/h4-6H,3H2,1-2H3,(H2,11,15)(H,12,13). The van der Waals surface area contributed by atoms with Crippen LogP contribution >= 0.6 is 12.2 Å². The SMILES string of the molecule is CCC(C)(NC(=O)c1ccoc1)C(N)=S. The van der Waals surface area contributed by atoms with Crippen LogP contribution in [0.15, 0.2) is 23.0 Å². The maximum Gasteiger partial charge on any atom is 0.255 e. The van der Waals surface area contributed by atoms with Crippen molar-refractivity contribution in [2.45, 2.75) is 25.8 Å². The number of hydrogen-bond donors (Lipinski definition) is 2. The van der Waals surface area contributed by atoms with E-state index >= 15 is 0 Å². The monoisotopic (exact) mass is 226 g/mol. The Bertz CT molecular complexity index is 362. The van der Waals surface area contributed by atoms with Crippen molar-refractivity contribution in [2.75, 3.05) is 0 Å². The lowest BCUT2D eigenvalue weighted by molar-refractivity contribution is 0.0926. The number of nitrogens with one attached hydrogen (secondary N) is 1. The van der Waals surface area contributed by atoms with Gasteiger partial charge in [-0.15, -0.1) is 0 Å². The highest BCUT2D eigenvalue weighted by Gasteiger charge is 2.28. The molecule has 0 fully saturated rings. The number of carbonyl (C=O) groups is 1. The molecule has 0 bridgehead atoms. The second-order valence-corrected chi connectivity index (χ2v) is 3.96. The van der Waals surface area contributed by atoms with Gasteiger partial charge in [-0.25, -0.2) is 0 Å². The van der Waals surface area contributed by atoms with Crippen molar-refractivity contribution in [1.29, 1.82) is 0 Å². The predicted octanol–water partition coefficient (Wildman–Crippen LogP) is 1.46. The number of hydrogen-bond acceptors (Lipinski definition) is 3.